The molecule has 5 nitrogen and oxygen atoms in total. The van der Waals surface area contributed by atoms with Gasteiger partial charge in [-0.3, -0.25) is 4.79 Å². The molecule has 0 aromatic heterocycles. The SMILES string of the molecule is CC(CCc1ccccc1)NC(=O)Nc1ccc(CC(=O)N(C)C)cc1. The summed E-state index contributed by atoms with van der Waals surface area (Å²) in [6.45, 7) is 2.00. The van der Waals surface area contributed by atoms with Gasteiger partial charge in [-0.15, -0.1) is 0 Å². The first-order valence-corrected chi connectivity index (χ1v) is 8.84. The van der Waals surface area contributed by atoms with E-state index in [1.165, 1.54) is 5.56 Å². The van der Waals surface area contributed by atoms with Gasteiger partial charge in [0.05, 0.1) is 6.42 Å². The van der Waals surface area contributed by atoms with Crippen LogP contribution in [0.15, 0.2) is 54.6 Å². The summed E-state index contributed by atoms with van der Waals surface area (Å²) in [5, 5.41) is 5.78. The Kier molecular flexibility index (Phi) is 7.21. The summed E-state index contributed by atoms with van der Waals surface area (Å²) < 4.78 is 0. The first kappa shape index (κ1) is 19.5. The molecule has 3 amide bonds. The van der Waals surface area contributed by atoms with Crippen molar-refractivity contribution >= 4 is 17.6 Å². The molecule has 2 N–H and O–H groups in total. The summed E-state index contributed by atoms with van der Waals surface area (Å²) in [4.78, 5) is 25.4. The van der Waals surface area contributed by atoms with Crippen molar-refractivity contribution in [3.05, 3.63) is 65.7 Å². The van der Waals surface area contributed by atoms with Crippen LogP contribution in [0.5, 0.6) is 0 Å². The smallest absolute Gasteiger partial charge is 0.319 e. The molecule has 2 aromatic carbocycles. The number of hydrogen-bond acceptors (Lipinski definition) is 2. The first-order chi connectivity index (χ1) is 12.4. The van der Waals surface area contributed by atoms with E-state index in [1.54, 1.807) is 19.0 Å². The molecule has 0 bridgehead atoms. The van der Waals surface area contributed by atoms with Crippen LogP contribution < -0.4 is 10.6 Å². The van der Waals surface area contributed by atoms with Gasteiger partial charge in [0.1, 0.15) is 0 Å². The molecular formula is C21H27N3O2. The maximum absolute atomic E-state index is 12.1. The van der Waals surface area contributed by atoms with Crippen molar-refractivity contribution in [2.45, 2.75) is 32.2 Å². The topological polar surface area (TPSA) is 61.4 Å². The summed E-state index contributed by atoms with van der Waals surface area (Å²) >= 11 is 0. The highest BCUT2D eigenvalue weighted by molar-refractivity contribution is 5.89. The number of anilines is 1. The predicted octanol–water partition coefficient (Wildman–Crippen LogP) is 3.46. The lowest BCUT2D eigenvalue weighted by Crippen LogP contribution is -2.36. The molecule has 1 atom stereocenters. The third-order valence-corrected chi connectivity index (χ3v) is 4.15. The van der Waals surface area contributed by atoms with Crippen LogP contribution in [0.4, 0.5) is 10.5 Å². The van der Waals surface area contributed by atoms with Gasteiger partial charge in [-0.25, -0.2) is 4.79 Å². The molecule has 0 aliphatic rings. The summed E-state index contributed by atoms with van der Waals surface area (Å²) in [6.07, 6.45) is 2.16. The molecule has 0 aliphatic heterocycles. The van der Waals surface area contributed by atoms with E-state index in [1.807, 2.05) is 49.4 Å². The van der Waals surface area contributed by atoms with E-state index >= 15 is 0 Å². The van der Waals surface area contributed by atoms with Gasteiger partial charge in [-0.1, -0.05) is 42.5 Å². The monoisotopic (exact) mass is 353 g/mol. The average Bonchev–Trinajstić information content (AvgIpc) is 2.62. The van der Waals surface area contributed by atoms with Crippen molar-refractivity contribution in [3.8, 4) is 0 Å². The third-order valence-electron chi connectivity index (χ3n) is 4.15. The van der Waals surface area contributed by atoms with Crippen LogP contribution in [0, 0.1) is 0 Å². The van der Waals surface area contributed by atoms with Crippen molar-refractivity contribution in [2.75, 3.05) is 19.4 Å². The number of likely N-dealkylation sites (N-methyl/N-ethyl adjacent to an activating group) is 1. The average molecular weight is 353 g/mol. The van der Waals surface area contributed by atoms with Crippen molar-refractivity contribution in [3.63, 3.8) is 0 Å². The van der Waals surface area contributed by atoms with E-state index in [9.17, 15) is 9.59 Å². The molecular weight excluding hydrogens is 326 g/mol. The van der Waals surface area contributed by atoms with Gasteiger partial charge in [0.2, 0.25) is 5.91 Å². The highest BCUT2D eigenvalue weighted by Crippen LogP contribution is 2.11. The highest BCUT2D eigenvalue weighted by atomic mass is 16.2. The van der Waals surface area contributed by atoms with Gasteiger partial charge >= 0.3 is 6.03 Å². The van der Waals surface area contributed by atoms with Crippen molar-refractivity contribution in [2.24, 2.45) is 0 Å². The van der Waals surface area contributed by atoms with E-state index < -0.39 is 0 Å². The van der Waals surface area contributed by atoms with Crippen LogP contribution in [-0.2, 0) is 17.6 Å². The number of aryl methyl sites for hydroxylation is 1. The van der Waals surface area contributed by atoms with Gasteiger partial charge in [0.25, 0.3) is 0 Å². The minimum absolute atomic E-state index is 0.0516. The van der Waals surface area contributed by atoms with E-state index in [4.69, 9.17) is 0 Å². The molecule has 0 aliphatic carbocycles. The number of amides is 3. The third kappa shape index (κ3) is 6.59. The second kappa shape index (κ2) is 9.61. The van der Waals surface area contributed by atoms with E-state index in [0.717, 1.165) is 18.4 Å². The molecule has 5 heteroatoms. The Hall–Kier alpha value is -2.82. The first-order valence-electron chi connectivity index (χ1n) is 8.84. The lowest BCUT2D eigenvalue weighted by atomic mass is 10.1. The van der Waals surface area contributed by atoms with Crippen LogP contribution in [-0.4, -0.2) is 37.0 Å². The Bertz CT molecular complexity index is 712. The van der Waals surface area contributed by atoms with E-state index in [0.29, 0.717) is 12.1 Å². The number of urea groups is 1. The number of nitrogens with one attached hydrogen (secondary N) is 2. The summed E-state index contributed by atoms with van der Waals surface area (Å²) in [6, 6.07) is 17.4. The van der Waals surface area contributed by atoms with Crippen LogP contribution in [0.1, 0.15) is 24.5 Å². The molecule has 2 aromatic rings. The molecule has 0 saturated heterocycles. The fourth-order valence-corrected chi connectivity index (χ4v) is 2.53. The molecule has 26 heavy (non-hydrogen) atoms. The zero-order valence-electron chi connectivity index (χ0n) is 15.7. The molecule has 0 heterocycles. The number of carbonyl (C=O) groups excluding carboxylic acids is 2. The number of nitrogens with zero attached hydrogens (tertiary/aromatic N) is 1. The Labute approximate surface area is 155 Å². The maximum Gasteiger partial charge on any atom is 0.319 e. The van der Waals surface area contributed by atoms with Crippen LogP contribution in [0.25, 0.3) is 0 Å². The normalized spacial score (nSPS) is 11.5. The molecule has 138 valence electrons. The van der Waals surface area contributed by atoms with Crippen molar-refractivity contribution in [1.29, 1.82) is 0 Å². The van der Waals surface area contributed by atoms with Gasteiger partial charge in [0, 0.05) is 25.8 Å². The lowest BCUT2D eigenvalue weighted by molar-refractivity contribution is -0.127. The molecule has 2 rings (SSSR count). The molecule has 1 unspecified atom stereocenters. The molecule has 0 radical (unpaired) electrons. The quantitative estimate of drug-likeness (QED) is 0.801. The zero-order valence-corrected chi connectivity index (χ0v) is 15.7. The van der Waals surface area contributed by atoms with Crippen molar-refractivity contribution < 1.29 is 9.59 Å². The van der Waals surface area contributed by atoms with Crippen LogP contribution in [0.3, 0.4) is 0 Å². The lowest BCUT2D eigenvalue weighted by Gasteiger charge is -2.15. The number of rotatable bonds is 7. The maximum atomic E-state index is 12.1. The molecule has 0 fully saturated rings. The predicted molar refractivity (Wildman–Crippen MR) is 105 cm³/mol. The number of hydrogen-bond donors (Lipinski definition) is 2. The number of benzene rings is 2. The summed E-state index contributed by atoms with van der Waals surface area (Å²) in [5.74, 6) is 0.0516. The largest absolute Gasteiger partial charge is 0.349 e. The van der Waals surface area contributed by atoms with Gasteiger partial charge in [-0.05, 0) is 43.0 Å². The fourth-order valence-electron chi connectivity index (χ4n) is 2.53. The van der Waals surface area contributed by atoms with E-state index in [-0.39, 0.29) is 18.0 Å². The Morgan fingerprint density at radius 1 is 0.962 bits per heavy atom. The fraction of sp³-hybridized carbons (Fsp3) is 0.333. The van der Waals surface area contributed by atoms with Crippen molar-refractivity contribution in [1.82, 2.24) is 10.2 Å². The molecule has 0 saturated carbocycles. The highest BCUT2D eigenvalue weighted by Gasteiger charge is 2.09. The second-order valence-corrected chi connectivity index (χ2v) is 6.69. The van der Waals surface area contributed by atoms with Gasteiger partial charge in [-0.2, -0.15) is 0 Å². The van der Waals surface area contributed by atoms with Crippen LogP contribution >= 0.6 is 0 Å². The van der Waals surface area contributed by atoms with Gasteiger partial charge in [0.15, 0.2) is 0 Å². The van der Waals surface area contributed by atoms with Crippen LogP contribution in [0.2, 0.25) is 0 Å². The Morgan fingerprint density at radius 2 is 1.62 bits per heavy atom. The Morgan fingerprint density at radius 3 is 2.23 bits per heavy atom. The summed E-state index contributed by atoms with van der Waals surface area (Å²) in [5.41, 5.74) is 2.90. The second-order valence-electron chi connectivity index (χ2n) is 6.69. The zero-order chi connectivity index (χ0) is 18.9. The molecule has 0 spiro atoms. The minimum atomic E-state index is -0.220. The van der Waals surface area contributed by atoms with Gasteiger partial charge < -0.3 is 15.5 Å². The van der Waals surface area contributed by atoms with E-state index in [2.05, 4.69) is 22.8 Å². The Balaban J connectivity index is 1.77. The standard InChI is InChI=1S/C21H27N3O2/c1-16(9-10-17-7-5-4-6-8-17)22-21(26)23-19-13-11-18(12-14-19)15-20(25)24(2)3/h4-8,11-14,16H,9-10,15H2,1-3H3,(H2,22,23,26). The minimum Gasteiger partial charge on any atom is -0.349 e. The number of carbonyl (C=O) groups is 2. The summed E-state index contributed by atoms with van der Waals surface area (Å²) in [7, 11) is 3.48.